The van der Waals surface area contributed by atoms with Crippen molar-refractivity contribution < 1.29 is 0 Å². The van der Waals surface area contributed by atoms with Crippen molar-refractivity contribution >= 4 is 28.9 Å². The Morgan fingerprint density at radius 2 is 2.05 bits per heavy atom. The van der Waals surface area contributed by atoms with Gasteiger partial charge in [0.05, 0.1) is 15.7 Å². The molecular weight excluding hydrogens is 291 g/mol. The summed E-state index contributed by atoms with van der Waals surface area (Å²) < 4.78 is 0. The number of halogens is 2. The predicted octanol–water partition coefficient (Wildman–Crippen LogP) is 4.45. The fraction of sp³-hybridized carbons (Fsp3) is 0.625. The summed E-state index contributed by atoms with van der Waals surface area (Å²) in [5.41, 5.74) is 1.11. The van der Waals surface area contributed by atoms with Gasteiger partial charge in [0.25, 0.3) is 0 Å². The average Bonchev–Trinajstić information content (AvgIpc) is 2.48. The second-order valence-corrected chi connectivity index (χ2v) is 6.72. The lowest BCUT2D eigenvalue weighted by Gasteiger charge is -2.49. The molecule has 2 saturated heterocycles. The summed E-state index contributed by atoms with van der Waals surface area (Å²) in [5.74, 6) is 0. The van der Waals surface area contributed by atoms with Crippen molar-refractivity contribution in [3.05, 3.63) is 28.2 Å². The summed E-state index contributed by atoms with van der Waals surface area (Å²) in [6.07, 6.45) is 5.16. The van der Waals surface area contributed by atoms with Gasteiger partial charge in [0.2, 0.25) is 0 Å². The van der Waals surface area contributed by atoms with Crippen molar-refractivity contribution in [3.63, 3.8) is 0 Å². The maximum absolute atomic E-state index is 6.44. The molecule has 2 aliphatic rings. The molecule has 1 aromatic rings. The Kier molecular flexibility index (Phi) is 4.44. The van der Waals surface area contributed by atoms with Gasteiger partial charge in [0.15, 0.2) is 0 Å². The quantitative estimate of drug-likeness (QED) is 0.796. The molecule has 2 unspecified atom stereocenters. The largest absolute Gasteiger partial charge is 0.364 e. The number of fused-ring (bicyclic) bond motifs is 1. The third-order valence-corrected chi connectivity index (χ3v) is 5.56. The molecule has 0 bridgehead atoms. The van der Waals surface area contributed by atoms with E-state index in [0.717, 1.165) is 25.2 Å². The zero-order valence-corrected chi connectivity index (χ0v) is 13.5. The molecule has 110 valence electrons. The van der Waals surface area contributed by atoms with Gasteiger partial charge in [0, 0.05) is 25.2 Å². The van der Waals surface area contributed by atoms with Crippen LogP contribution in [0, 0.1) is 0 Å². The van der Waals surface area contributed by atoms with Crippen molar-refractivity contribution in [1.29, 1.82) is 0 Å². The van der Waals surface area contributed by atoms with E-state index in [2.05, 4.69) is 22.8 Å². The van der Waals surface area contributed by atoms with E-state index >= 15 is 0 Å². The Hall–Kier alpha value is -0.440. The van der Waals surface area contributed by atoms with Gasteiger partial charge in [-0.3, -0.25) is 4.90 Å². The highest BCUT2D eigenvalue weighted by Gasteiger charge is 2.35. The lowest BCUT2D eigenvalue weighted by molar-refractivity contribution is 0.111. The fourth-order valence-electron chi connectivity index (χ4n) is 3.61. The van der Waals surface area contributed by atoms with Gasteiger partial charge < -0.3 is 4.90 Å². The monoisotopic (exact) mass is 312 g/mol. The third kappa shape index (κ3) is 2.66. The van der Waals surface area contributed by atoms with Crippen molar-refractivity contribution in [2.75, 3.05) is 24.5 Å². The molecule has 0 amide bonds. The van der Waals surface area contributed by atoms with Gasteiger partial charge in [-0.1, -0.05) is 42.6 Å². The highest BCUT2D eigenvalue weighted by molar-refractivity contribution is 6.43. The van der Waals surface area contributed by atoms with Crippen LogP contribution in [0.1, 0.15) is 32.6 Å². The molecule has 2 atom stereocenters. The molecule has 0 N–H and O–H groups in total. The van der Waals surface area contributed by atoms with E-state index in [1.807, 2.05) is 12.1 Å². The zero-order chi connectivity index (χ0) is 14.1. The average molecular weight is 313 g/mol. The van der Waals surface area contributed by atoms with E-state index in [-0.39, 0.29) is 0 Å². The summed E-state index contributed by atoms with van der Waals surface area (Å²) in [6, 6.07) is 7.20. The van der Waals surface area contributed by atoms with E-state index < -0.39 is 0 Å². The fourth-order valence-corrected chi connectivity index (χ4v) is 4.02. The van der Waals surface area contributed by atoms with Crippen LogP contribution in [0.15, 0.2) is 18.2 Å². The molecular formula is C16H22Cl2N2. The summed E-state index contributed by atoms with van der Waals surface area (Å²) in [6.45, 7) is 5.77. The molecule has 20 heavy (non-hydrogen) atoms. The summed E-state index contributed by atoms with van der Waals surface area (Å²) in [7, 11) is 0. The lowest BCUT2D eigenvalue weighted by Crippen LogP contribution is -2.59. The number of nitrogens with zero attached hydrogens (tertiary/aromatic N) is 2. The first-order chi connectivity index (χ1) is 9.70. The molecule has 0 saturated carbocycles. The zero-order valence-electron chi connectivity index (χ0n) is 12.0. The molecule has 2 aliphatic heterocycles. The Balaban J connectivity index is 1.88. The number of piperidine rings is 1. The Morgan fingerprint density at radius 1 is 1.20 bits per heavy atom. The highest BCUT2D eigenvalue weighted by Crippen LogP contribution is 2.36. The molecule has 0 aromatic heterocycles. The minimum atomic E-state index is 0.542. The molecule has 0 spiro atoms. The lowest BCUT2D eigenvalue weighted by atomic mass is 9.95. The van der Waals surface area contributed by atoms with Crippen LogP contribution in [-0.2, 0) is 0 Å². The minimum absolute atomic E-state index is 0.542. The van der Waals surface area contributed by atoms with Gasteiger partial charge in [-0.25, -0.2) is 0 Å². The van der Waals surface area contributed by atoms with Crippen molar-refractivity contribution in [3.8, 4) is 0 Å². The van der Waals surface area contributed by atoms with Gasteiger partial charge in [-0.05, 0) is 37.9 Å². The van der Waals surface area contributed by atoms with Gasteiger partial charge >= 0.3 is 0 Å². The summed E-state index contributed by atoms with van der Waals surface area (Å²) in [5, 5.41) is 1.36. The Morgan fingerprint density at radius 3 is 2.85 bits per heavy atom. The Labute approximate surface area is 131 Å². The number of rotatable bonds is 2. The molecule has 2 heterocycles. The van der Waals surface area contributed by atoms with Crippen molar-refractivity contribution in [2.24, 2.45) is 0 Å². The first kappa shape index (κ1) is 14.5. The molecule has 2 nitrogen and oxygen atoms in total. The Bertz CT molecular complexity index is 478. The number of hydrogen-bond acceptors (Lipinski definition) is 2. The van der Waals surface area contributed by atoms with Gasteiger partial charge in [0.1, 0.15) is 0 Å². The van der Waals surface area contributed by atoms with Crippen LogP contribution >= 0.6 is 23.2 Å². The van der Waals surface area contributed by atoms with E-state index in [4.69, 9.17) is 23.2 Å². The van der Waals surface area contributed by atoms with Crippen LogP contribution in [0.2, 0.25) is 10.0 Å². The summed E-state index contributed by atoms with van der Waals surface area (Å²) >= 11 is 12.6. The smallest absolute Gasteiger partial charge is 0.0825 e. The molecule has 0 radical (unpaired) electrons. The van der Waals surface area contributed by atoms with Crippen LogP contribution < -0.4 is 4.90 Å². The second-order valence-electron chi connectivity index (χ2n) is 5.93. The standard InChI is InChI=1S/C16H22Cl2N2/c1-2-12-10-19-9-4-3-6-13(19)11-20(12)15-8-5-7-14(17)16(15)18/h5,7-8,12-13H,2-4,6,9-11H2,1H3. The van der Waals surface area contributed by atoms with Gasteiger partial charge in [-0.2, -0.15) is 0 Å². The first-order valence-electron chi connectivity index (χ1n) is 7.65. The normalized spacial score (nSPS) is 27.4. The van der Waals surface area contributed by atoms with Crippen LogP contribution in [0.4, 0.5) is 5.69 Å². The first-order valence-corrected chi connectivity index (χ1v) is 8.41. The topological polar surface area (TPSA) is 6.48 Å². The van der Waals surface area contributed by atoms with E-state index in [0.29, 0.717) is 22.1 Å². The molecule has 0 aliphatic carbocycles. The predicted molar refractivity (Wildman–Crippen MR) is 87.1 cm³/mol. The van der Waals surface area contributed by atoms with Gasteiger partial charge in [-0.15, -0.1) is 0 Å². The van der Waals surface area contributed by atoms with Crippen molar-refractivity contribution in [2.45, 2.75) is 44.7 Å². The van der Waals surface area contributed by atoms with E-state index in [9.17, 15) is 0 Å². The third-order valence-electron chi connectivity index (χ3n) is 4.75. The second kappa shape index (κ2) is 6.13. The molecule has 2 fully saturated rings. The maximum atomic E-state index is 6.44. The summed E-state index contributed by atoms with van der Waals surface area (Å²) in [4.78, 5) is 5.16. The van der Waals surface area contributed by atoms with Crippen LogP contribution in [0.25, 0.3) is 0 Å². The van der Waals surface area contributed by atoms with Crippen LogP contribution in [0.3, 0.4) is 0 Å². The molecule has 4 heteroatoms. The van der Waals surface area contributed by atoms with Crippen molar-refractivity contribution in [1.82, 2.24) is 4.90 Å². The maximum Gasteiger partial charge on any atom is 0.0825 e. The highest BCUT2D eigenvalue weighted by atomic mass is 35.5. The minimum Gasteiger partial charge on any atom is -0.364 e. The van der Waals surface area contributed by atoms with Crippen LogP contribution in [-0.4, -0.2) is 36.6 Å². The van der Waals surface area contributed by atoms with Crippen LogP contribution in [0.5, 0.6) is 0 Å². The molecule has 1 aromatic carbocycles. The number of piperazine rings is 1. The number of anilines is 1. The molecule has 3 rings (SSSR count). The SMILES string of the molecule is CCC1CN2CCCCC2CN1c1cccc(Cl)c1Cl. The van der Waals surface area contributed by atoms with E-state index in [1.165, 1.54) is 25.8 Å². The van der Waals surface area contributed by atoms with E-state index in [1.54, 1.807) is 0 Å². The number of hydrogen-bond donors (Lipinski definition) is 0. The number of benzene rings is 1.